The molecule has 178 valence electrons. The number of ketones is 1. The van der Waals surface area contributed by atoms with E-state index in [1.807, 2.05) is 30.5 Å². The van der Waals surface area contributed by atoms with E-state index < -0.39 is 0 Å². The van der Waals surface area contributed by atoms with Gasteiger partial charge in [-0.25, -0.2) is 0 Å². The summed E-state index contributed by atoms with van der Waals surface area (Å²) in [6.07, 6.45) is 0. The first-order valence-electron chi connectivity index (χ1n) is 10.8. The lowest BCUT2D eigenvalue weighted by atomic mass is 10.1. The first-order valence-corrected chi connectivity index (χ1v) is 12.6. The van der Waals surface area contributed by atoms with Crippen LogP contribution in [-0.4, -0.2) is 37.3 Å². The van der Waals surface area contributed by atoms with Gasteiger partial charge in [-0.05, 0) is 74.9 Å². The first kappa shape index (κ1) is 24.7. The van der Waals surface area contributed by atoms with Crippen molar-refractivity contribution in [1.82, 2.24) is 14.8 Å². The van der Waals surface area contributed by atoms with Gasteiger partial charge in [0.15, 0.2) is 16.8 Å². The zero-order chi connectivity index (χ0) is 25.1. The number of Topliss-reactive ketones (excluding diaryl/α,β-unsaturated/α-hetero) is 1. The number of phenolic OH excluding ortho intramolecular Hbond substituents is 1. The molecule has 0 saturated carbocycles. The van der Waals surface area contributed by atoms with Crippen LogP contribution in [0.2, 0.25) is 0 Å². The molecule has 9 heteroatoms. The summed E-state index contributed by atoms with van der Waals surface area (Å²) < 4.78 is 2.65. The number of aromatic nitrogens is 3. The number of aryl methyl sites for hydroxylation is 2. The lowest BCUT2D eigenvalue weighted by molar-refractivity contribution is -0.113. The molecule has 0 bridgehead atoms. The number of hydrogen-bond acceptors (Lipinski definition) is 6. The number of nitrogens with one attached hydrogen (secondary N) is 1. The Morgan fingerprint density at radius 1 is 1.03 bits per heavy atom. The van der Waals surface area contributed by atoms with Crippen molar-refractivity contribution in [1.29, 1.82) is 0 Å². The summed E-state index contributed by atoms with van der Waals surface area (Å²) >= 11 is 4.70. The van der Waals surface area contributed by atoms with Crippen molar-refractivity contribution >= 4 is 45.1 Å². The number of benzene rings is 3. The van der Waals surface area contributed by atoms with Crippen molar-refractivity contribution in [3.63, 3.8) is 0 Å². The molecule has 1 heterocycles. The molecular weight excluding hydrogens is 528 g/mol. The molecule has 0 saturated heterocycles. The van der Waals surface area contributed by atoms with Crippen LogP contribution >= 0.6 is 27.7 Å². The highest BCUT2D eigenvalue weighted by Gasteiger charge is 2.21. The van der Waals surface area contributed by atoms with Crippen molar-refractivity contribution in [2.24, 2.45) is 0 Å². The predicted octanol–water partition coefficient (Wildman–Crippen LogP) is 5.95. The van der Waals surface area contributed by atoms with Crippen LogP contribution in [0.5, 0.6) is 5.75 Å². The molecule has 1 amide bonds. The molecule has 0 aliphatic carbocycles. The Labute approximate surface area is 215 Å². The number of phenols is 1. The van der Waals surface area contributed by atoms with Crippen LogP contribution in [0, 0.1) is 13.8 Å². The van der Waals surface area contributed by atoms with Crippen molar-refractivity contribution in [2.45, 2.75) is 25.9 Å². The molecule has 0 atom stereocenters. The van der Waals surface area contributed by atoms with E-state index in [9.17, 15) is 14.7 Å². The van der Waals surface area contributed by atoms with E-state index in [0.29, 0.717) is 27.8 Å². The molecule has 0 spiro atoms. The number of amides is 1. The molecule has 4 rings (SSSR count). The minimum Gasteiger partial charge on any atom is -0.507 e. The average molecular weight is 551 g/mol. The minimum absolute atomic E-state index is 0.0311. The quantitative estimate of drug-likeness (QED) is 0.218. The summed E-state index contributed by atoms with van der Waals surface area (Å²) in [6.45, 7) is 5.52. The Kier molecular flexibility index (Phi) is 7.37. The van der Waals surface area contributed by atoms with Crippen molar-refractivity contribution < 1.29 is 14.7 Å². The summed E-state index contributed by atoms with van der Waals surface area (Å²) in [5.74, 6) is 0.402. The summed E-state index contributed by atoms with van der Waals surface area (Å²) in [5.41, 5.74) is 4.71. The summed E-state index contributed by atoms with van der Waals surface area (Å²) in [6, 6.07) is 17.9. The van der Waals surface area contributed by atoms with Gasteiger partial charge in [0.1, 0.15) is 5.75 Å². The second-order valence-electron chi connectivity index (χ2n) is 8.06. The minimum atomic E-state index is -0.215. The molecule has 0 unspecified atom stereocenters. The van der Waals surface area contributed by atoms with E-state index in [2.05, 4.69) is 37.5 Å². The van der Waals surface area contributed by atoms with Gasteiger partial charge in [-0.15, -0.1) is 10.2 Å². The molecule has 35 heavy (non-hydrogen) atoms. The molecule has 0 radical (unpaired) electrons. The van der Waals surface area contributed by atoms with Crippen LogP contribution in [0.15, 0.2) is 70.3 Å². The Balaban J connectivity index is 1.63. The van der Waals surface area contributed by atoms with Crippen LogP contribution < -0.4 is 5.32 Å². The van der Waals surface area contributed by atoms with Gasteiger partial charge in [0.05, 0.1) is 17.0 Å². The number of hydrogen-bond donors (Lipinski definition) is 2. The van der Waals surface area contributed by atoms with Crippen LogP contribution in [0.4, 0.5) is 5.69 Å². The van der Waals surface area contributed by atoms with Gasteiger partial charge in [0.2, 0.25) is 5.91 Å². The molecule has 2 N–H and O–H groups in total. The number of rotatable bonds is 7. The molecule has 4 aromatic rings. The van der Waals surface area contributed by atoms with Gasteiger partial charge in [-0.3, -0.25) is 14.2 Å². The Morgan fingerprint density at radius 2 is 1.77 bits per heavy atom. The van der Waals surface area contributed by atoms with Gasteiger partial charge in [-0.1, -0.05) is 45.4 Å². The number of carbonyl (C=O) groups is 2. The number of thioether (sulfide) groups is 1. The summed E-state index contributed by atoms with van der Waals surface area (Å²) in [4.78, 5) is 24.1. The molecule has 7 nitrogen and oxygen atoms in total. The van der Waals surface area contributed by atoms with E-state index in [4.69, 9.17) is 0 Å². The normalized spacial score (nSPS) is 10.9. The molecule has 3 aromatic carbocycles. The second kappa shape index (κ2) is 10.5. The highest BCUT2D eigenvalue weighted by Crippen LogP contribution is 2.35. The van der Waals surface area contributed by atoms with E-state index >= 15 is 0 Å². The monoisotopic (exact) mass is 550 g/mol. The molecule has 0 aliphatic heterocycles. The van der Waals surface area contributed by atoms with E-state index in [1.165, 1.54) is 18.7 Å². The highest BCUT2D eigenvalue weighted by atomic mass is 79.9. The Bertz CT molecular complexity index is 1420. The fourth-order valence-electron chi connectivity index (χ4n) is 3.61. The Morgan fingerprint density at radius 3 is 2.46 bits per heavy atom. The second-order valence-corrected chi connectivity index (χ2v) is 9.92. The van der Waals surface area contributed by atoms with Crippen molar-refractivity contribution in [3.05, 3.63) is 81.8 Å². The third kappa shape index (κ3) is 5.63. The van der Waals surface area contributed by atoms with Crippen LogP contribution in [0.3, 0.4) is 0 Å². The lowest BCUT2D eigenvalue weighted by Gasteiger charge is -2.14. The van der Waals surface area contributed by atoms with E-state index in [0.717, 1.165) is 21.3 Å². The SMILES string of the molecule is CC(=O)c1ccc(NC(=O)CSc2nnc(-c3cc(Br)ccc3O)n2-c2ccc(C)cc2C)cc1. The highest BCUT2D eigenvalue weighted by molar-refractivity contribution is 9.10. The lowest BCUT2D eigenvalue weighted by Crippen LogP contribution is -2.14. The molecule has 1 aromatic heterocycles. The molecular formula is C26H23BrN4O3S. The predicted molar refractivity (Wildman–Crippen MR) is 141 cm³/mol. The van der Waals surface area contributed by atoms with Gasteiger partial charge < -0.3 is 10.4 Å². The first-order chi connectivity index (χ1) is 16.7. The third-order valence-corrected chi connectivity index (χ3v) is 6.76. The van der Waals surface area contributed by atoms with Gasteiger partial charge >= 0.3 is 0 Å². The van der Waals surface area contributed by atoms with Gasteiger partial charge in [0.25, 0.3) is 0 Å². The number of aromatic hydroxyl groups is 1. The van der Waals surface area contributed by atoms with Gasteiger partial charge in [-0.2, -0.15) is 0 Å². The fourth-order valence-corrected chi connectivity index (χ4v) is 4.72. The van der Waals surface area contributed by atoms with Gasteiger partial charge in [0, 0.05) is 15.7 Å². The van der Waals surface area contributed by atoms with Crippen molar-refractivity contribution in [3.8, 4) is 22.8 Å². The number of nitrogens with zero attached hydrogens (tertiary/aromatic N) is 3. The topological polar surface area (TPSA) is 97.1 Å². The molecule has 0 aliphatic rings. The van der Waals surface area contributed by atoms with E-state index in [1.54, 1.807) is 42.5 Å². The van der Waals surface area contributed by atoms with Crippen LogP contribution in [0.25, 0.3) is 17.1 Å². The van der Waals surface area contributed by atoms with Crippen LogP contribution in [-0.2, 0) is 4.79 Å². The smallest absolute Gasteiger partial charge is 0.234 e. The zero-order valence-corrected chi connectivity index (χ0v) is 21.8. The number of anilines is 1. The standard InChI is InChI=1S/C26H23BrN4O3S/c1-15-4-10-22(16(2)12-15)31-25(21-13-19(27)7-11-23(21)33)29-30-26(31)35-14-24(34)28-20-8-5-18(6-9-20)17(3)32/h4-13,33H,14H2,1-3H3,(H,28,34). The summed E-state index contributed by atoms with van der Waals surface area (Å²) in [5, 5.41) is 22.6. The fraction of sp³-hybridized carbons (Fsp3) is 0.154. The van der Waals surface area contributed by atoms with Crippen LogP contribution in [0.1, 0.15) is 28.4 Å². The maximum atomic E-state index is 12.6. The molecule has 0 fully saturated rings. The largest absolute Gasteiger partial charge is 0.507 e. The van der Waals surface area contributed by atoms with Crippen molar-refractivity contribution in [2.75, 3.05) is 11.1 Å². The zero-order valence-electron chi connectivity index (χ0n) is 19.4. The summed E-state index contributed by atoms with van der Waals surface area (Å²) in [7, 11) is 0. The Hall–Kier alpha value is -3.43. The maximum absolute atomic E-state index is 12.6. The number of carbonyl (C=O) groups excluding carboxylic acids is 2. The number of halogens is 1. The maximum Gasteiger partial charge on any atom is 0.234 e. The average Bonchev–Trinajstić information content (AvgIpc) is 3.23. The third-order valence-electron chi connectivity index (χ3n) is 5.33. The van der Waals surface area contributed by atoms with E-state index in [-0.39, 0.29) is 23.2 Å².